The molecule has 0 aliphatic carbocycles. The molecule has 21 heavy (non-hydrogen) atoms. The third-order valence-electron chi connectivity index (χ3n) is 3.68. The lowest BCUT2D eigenvalue weighted by Crippen LogP contribution is -2.29. The van der Waals surface area contributed by atoms with E-state index in [0.717, 1.165) is 49.9 Å². The van der Waals surface area contributed by atoms with Crippen LogP contribution in [0.1, 0.15) is 18.4 Å². The fraction of sp³-hybridized carbons (Fsp3) is 0.438. The molecule has 5 heteroatoms. The van der Waals surface area contributed by atoms with Gasteiger partial charge in [-0.15, -0.1) is 0 Å². The van der Waals surface area contributed by atoms with Crippen LogP contribution in [0.15, 0.2) is 24.3 Å². The van der Waals surface area contributed by atoms with Crippen molar-refractivity contribution in [2.45, 2.75) is 12.8 Å². The average molecular weight is 310 g/mol. The van der Waals surface area contributed by atoms with Gasteiger partial charge in [0.15, 0.2) is 0 Å². The molecule has 1 aromatic rings. The summed E-state index contributed by atoms with van der Waals surface area (Å²) in [6.07, 6.45) is 4.86. The molecule has 1 aliphatic rings. The number of hydrogen-bond donors (Lipinski definition) is 1. The van der Waals surface area contributed by atoms with Gasteiger partial charge in [0.25, 0.3) is 0 Å². The molecule has 0 saturated carbocycles. The lowest BCUT2D eigenvalue weighted by atomic mass is 9.99. The zero-order chi connectivity index (χ0) is 15.2. The molecule has 0 radical (unpaired) electrons. The minimum atomic E-state index is -0.965. The average Bonchev–Trinajstić information content (AvgIpc) is 2.46. The molecule has 1 fully saturated rings. The van der Waals surface area contributed by atoms with Crippen LogP contribution < -0.4 is 4.90 Å². The van der Waals surface area contributed by atoms with Gasteiger partial charge in [-0.1, -0.05) is 11.6 Å². The van der Waals surface area contributed by atoms with Crippen molar-refractivity contribution in [3.63, 3.8) is 0 Å². The molecule has 1 saturated heterocycles. The van der Waals surface area contributed by atoms with Gasteiger partial charge in [0.2, 0.25) is 0 Å². The molecule has 0 aromatic heterocycles. The Morgan fingerprint density at radius 3 is 2.86 bits per heavy atom. The standard InChI is InChI=1S/C16H20ClNO3/c1-18(11-12-6-8-21-9-7-12)15-4-3-14(17)10-13(15)2-5-16(19)20/h2-5,10,12H,6-9,11H2,1H3,(H,19,20)/b5-2+. The van der Waals surface area contributed by atoms with E-state index in [-0.39, 0.29) is 0 Å². The molecule has 0 bridgehead atoms. The van der Waals surface area contributed by atoms with Crippen molar-refractivity contribution in [1.29, 1.82) is 0 Å². The smallest absolute Gasteiger partial charge is 0.328 e. The third-order valence-corrected chi connectivity index (χ3v) is 3.91. The number of hydrogen-bond acceptors (Lipinski definition) is 3. The number of nitrogens with zero attached hydrogens (tertiary/aromatic N) is 1. The van der Waals surface area contributed by atoms with Crippen LogP contribution in [0.3, 0.4) is 0 Å². The molecule has 4 nitrogen and oxygen atoms in total. The molecule has 1 aliphatic heterocycles. The SMILES string of the molecule is CN(CC1CCOCC1)c1ccc(Cl)cc1/C=C/C(=O)O. The van der Waals surface area contributed by atoms with Crippen molar-refractivity contribution in [3.05, 3.63) is 34.9 Å². The molecule has 0 amide bonds. The van der Waals surface area contributed by atoms with Crippen molar-refractivity contribution in [1.82, 2.24) is 0 Å². The van der Waals surface area contributed by atoms with E-state index in [4.69, 9.17) is 21.4 Å². The minimum absolute atomic E-state index is 0.600. The number of benzene rings is 1. The first kappa shape index (κ1) is 15.9. The molecular weight excluding hydrogens is 290 g/mol. The van der Waals surface area contributed by atoms with Crippen molar-refractivity contribution < 1.29 is 14.6 Å². The van der Waals surface area contributed by atoms with E-state index < -0.39 is 5.97 Å². The summed E-state index contributed by atoms with van der Waals surface area (Å²) in [4.78, 5) is 12.9. The summed E-state index contributed by atoms with van der Waals surface area (Å²) in [6, 6.07) is 5.55. The van der Waals surface area contributed by atoms with E-state index in [1.54, 1.807) is 12.1 Å². The molecule has 0 atom stereocenters. The second-order valence-electron chi connectivity index (χ2n) is 5.31. The van der Waals surface area contributed by atoms with Crippen molar-refractivity contribution in [2.24, 2.45) is 5.92 Å². The van der Waals surface area contributed by atoms with Gasteiger partial charge in [0, 0.05) is 43.6 Å². The largest absolute Gasteiger partial charge is 0.478 e. The van der Waals surface area contributed by atoms with Gasteiger partial charge >= 0.3 is 5.97 Å². The van der Waals surface area contributed by atoms with Crippen molar-refractivity contribution in [2.75, 3.05) is 31.7 Å². The second kappa shape index (κ2) is 7.48. The van der Waals surface area contributed by atoms with E-state index in [1.807, 2.05) is 19.2 Å². The van der Waals surface area contributed by atoms with Gasteiger partial charge in [-0.2, -0.15) is 0 Å². The summed E-state index contributed by atoms with van der Waals surface area (Å²) < 4.78 is 5.38. The number of carboxylic acid groups (broad SMARTS) is 1. The van der Waals surface area contributed by atoms with E-state index in [9.17, 15) is 4.79 Å². The van der Waals surface area contributed by atoms with Crippen LogP contribution in [-0.2, 0) is 9.53 Å². The fourth-order valence-corrected chi connectivity index (χ4v) is 2.76. The Balaban J connectivity index is 2.14. The Bertz CT molecular complexity index is 524. The summed E-state index contributed by atoms with van der Waals surface area (Å²) in [5, 5.41) is 9.39. The molecule has 1 N–H and O–H groups in total. The highest BCUT2D eigenvalue weighted by atomic mass is 35.5. The lowest BCUT2D eigenvalue weighted by Gasteiger charge is -2.29. The van der Waals surface area contributed by atoms with E-state index in [0.29, 0.717) is 10.9 Å². The Labute approximate surface area is 130 Å². The third kappa shape index (κ3) is 4.76. The molecule has 2 rings (SSSR count). The van der Waals surface area contributed by atoms with Crippen molar-refractivity contribution in [3.8, 4) is 0 Å². The second-order valence-corrected chi connectivity index (χ2v) is 5.75. The van der Waals surface area contributed by atoms with Gasteiger partial charge in [0.05, 0.1) is 0 Å². The zero-order valence-corrected chi connectivity index (χ0v) is 12.8. The first-order chi connectivity index (χ1) is 10.1. The van der Waals surface area contributed by atoms with Gasteiger partial charge in [-0.25, -0.2) is 4.79 Å². The summed E-state index contributed by atoms with van der Waals surface area (Å²) in [5.41, 5.74) is 1.81. The Morgan fingerprint density at radius 2 is 2.19 bits per heavy atom. The fourth-order valence-electron chi connectivity index (χ4n) is 2.58. The molecular formula is C16H20ClNO3. The van der Waals surface area contributed by atoms with Crippen LogP contribution in [0.4, 0.5) is 5.69 Å². The van der Waals surface area contributed by atoms with E-state index >= 15 is 0 Å². The van der Waals surface area contributed by atoms with Gasteiger partial charge in [-0.05, 0) is 48.6 Å². The summed E-state index contributed by atoms with van der Waals surface area (Å²) in [7, 11) is 2.02. The molecule has 1 heterocycles. The Hall–Kier alpha value is -1.52. The van der Waals surface area contributed by atoms with Gasteiger partial charge < -0.3 is 14.7 Å². The highest BCUT2D eigenvalue weighted by molar-refractivity contribution is 6.30. The number of rotatable bonds is 5. The Morgan fingerprint density at radius 1 is 1.48 bits per heavy atom. The molecule has 114 valence electrons. The zero-order valence-electron chi connectivity index (χ0n) is 12.1. The molecule has 1 aromatic carbocycles. The van der Waals surface area contributed by atoms with Crippen molar-refractivity contribution >= 4 is 29.3 Å². The van der Waals surface area contributed by atoms with Crippen LogP contribution in [0.2, 0.25) is 5.02 Å². The van der Waals surface area contributed by atoms with Crippen LogP contribution in [-0.4, -0.2) is 37.9 Å². The maximum Gasteiger partial charge on any atom is 0.328 e. The van der Waals surface area contributed by atoms with E-state index in [1.165, 1.54) is 0 Å². The summed E-state index contributed by atoms with van der Waals surface area (Å²) in [5.74, 6) is -0.358. The summed E-state index contributed by atoms with van der Waals surface area (Å²) in [6.45, 7) is 2.58. The first-order valence-corrected chi connectivity index (χ1v) is 7.43. The predicted molar refractivity (Wildman–Crippen MR) is 84.9 cm³/mol. The highest BCUT2D eigenvalue weighted by Crippen LogP contribution is 2.27. The normalized spacial score (nSPS) is 16.3. The number of carbonyl (C=O) groups is 1. The molecule has 0 spiro atoms. The minimum Gasteiger partial charge on any atom is -0.478 e. The number of halogens is 1. The predicted octanol–water partition coefficient (Wildman–Crippen LogP) is 3.30. The van der Waals surface area contributed by atoms with Crippen LogP contribution in [0.5, 0.6) is 0 Å². The first-order valence-electron chi connectivity index (χ1n) is 7.05. The number of anilines is 1. The maximum absolute atomic E-state index is 10.7. The van der Waals surface area contributed by atoms with Crippen LogP contribution >= 0.6 is 11.6 Å². The van der Waals surface area contributed by atoms with Gasteiger partial charge in [-0.3, -0.25) is 0 Å². The summed E-state index contributed by atoms with van der Waals surface area (Å²) >= 11 is 6.01. The van der Waals surface area contributed by atoms with Crippen LogP contribution in [0, 0.1) is 5.92 Å². The highest BCUT2D eigenvalue weighted by Gasteiger charge is 2.17. The number of aliphatic carboxylic acids is 1. The quantitative estimate of drug-likeness (QED) is 0.848. The topological polar surface area (TPSA) is 49.8 Å². The van der Waals surface area contributed by atoms with Gasteiger partial charge in [0.1, 0.15) is 0 Å². The molecule has 0 unspecified atom stereocenters. The number of ether oxygens (including phenoxy) is 1. The van der Waals surface area contributed by atoms with Crippen LogP contribution in [0.25, 0.3) is 6.08 Å². The van der Waals surface area contributed by atoms with E-state index in [2.05, 4.69) is 4.90 Å². The monoisotopic (exact) mass is 309 g/mol. The number of carboxylic acids is 1. The maximum atomic E-state index is 10.7. The Kier molecular flexibility index (Phi) is 5.65. The lowest BCUT2D eigenvalue weighted by molar-refractivity contribution is -0.131.